The number of aromatic nitrogens is 2. The third kappa shape index (κ3) is 4.47. The number of hydrogen-bond acceptors (Lipinski definition) is 5. The normalized spacial score (nSPS) is 10.1. The molecule has 0 aliphatic carbocycles. The zero-order chi connectivity index (χ0) is 19.4. The molecule has 0 radical (unpaired) electrons. The molecule has 0 aliphatic heterocycles. The number of amides is 1. The van der Waals surface area contributed by atoms with Crippen LogP contribution in [0.5, 0.6) is 0 Å². The first kappa shape index (κ1) is 18.1. The molecule has 0 saturated carbocycles. The molecule has 27 heavy (non-hydrogen) atoms. The summed E-state index contributed by atoms with van der Waals surface area (Å²) in [7, 11) is 0. The third-order valence-electron chi connectivity index (χ3n) is 3.86. The maximum atomic E-state index is 12.6. The summed E-state index contributed by atoms with van der Waals surface area (Å²) in [6.45, 7) is 5.83. The minimum absolute atomic E-state index is 0.224. The highest BCUT2D eigenvalue weighted by Gasteiger charge is 2.13. The topological polar surface area (TPSA) is 90.7 Å². The second-order valence-electron chi connectivity index (χ2n) is 6.33. The van der Waals surface area contributed by atoms with Crippen molar-refractivity contribution >= 4 is 23.2 Å². The van der Waals surface area contributed by atoms with Crippen LogP contribution in [0.4, 0.5) is 17.3 Å². The Morgan fingerprint density at radius 1 is 1.00 bits per heavy atom. The molecule has 3 aromatic rings. The van der Waals surface area contributed by atoms with Crippen LogP contribution in [0.15, 0.2) is 48.5 Å². The highest BCUT2D eigenvalue weighted by molar-refractivity contribution is 6.03. The van der Waals surface area contributed by atoms with Crippen molar-refractivity contribution in [3.8, 4) is 6.07 Å². The maximum Gasteiger partial charge on any atom is 0.274 e. The van der Waals surface area contributed by atoms with E-state index in [2.05, 4.69) is 32.7 Å². The van der Waals surface area contributed by atoms with Crippen molar-refractivity contribution in [2.45, 2.75) is 20.8 Å². The molecular weight excluding hydrogens is 338 g/mol. The lowest BCUT2D eigenvalue weighted by atomic mass is 10.1. The van der Waals surface area contributed by atoms with E-state index in [1.54, 1.807) is 37.3 Å². The first-order chi connectivity index (χ1) is 12.9. The summed E-state index contributed by atoms with van der Waals surface area (Å²) in [5.41, 5.74) is 4.83. The van der Waals surface area contributed by atoms with E-state index in [1.165, 1.54) is 0 Å². The largest absolute Gasteiger partial charge is 0.324 e. The minimum atomic E-state index is -0.397. The average Bonchev–Trinajstić information content (AvgIpc) is 2.60. The van der Waals surface area contributed by atoms with Gasteiger partial charge in [-0.25, -0.2) is 9.97 Å². The van der Waals surface area contributed by atoms with Crippen molar-refractivity contribution in [1.29, 1.82) is 5.26 Å². The van der Waals surface area contributed by atoms with Gasteiger partial charge in [0, 0.05) is 11.4 Å². The number of carbonyl (C=O) groups excluding carboxylic acids is 1. The van der Waals surface area contributed by atoms with E-state index in [0.717, 1.165) is 16.8 Å². The van der Waals surface area contributed by atoms with Crippen LogP contribution in [-0.2, 0) is 0 Å². The van der Waals surface area contributed by atoms with Gasteiger partial charge in [0.15, 0.2) is 0 Å². The summed E-state index contributed by atoms with van der Waals surface area (Å²) in [5, 5.41) is 15.1. The van der Waals surface area contributed by atoms with Gasteiger partial charge < -0.3 is 10.6 Å². The molecule has 0 bridgehead atoms. The Kier molecular flexibility index (Phi) is 5.13. The van der Waals surface area contributed by atoms with Crippen molar-refractivity contribution < 1.29 is 4.79 Å². The zero-order valence-electron chi connectivity index (χ0n) is 15.4. The number of aryl methyl sites for hydroxylation is 3. The fourth-order valence-electron chi connectivity index (χ4n) is 2.79. The molecule has 0 saturated heterocycles. The van der Waals surface area contributed by atoms with E-state index in [9.17, 15) is 4.79 Å². The number of nitriles is 1. The average molecular weight is 357 g/mol. The monoisotopic (exact) mass is 357 g/mol. The number of benzene rings is 2. The van der Waals surface area contributed by atoms with Gasteiger partial charge in [-0.2, -0.15) is 5.26 Å². The number of hydrogen-bond donors (Lipinski definition) is 2. The standard InChI is InChI=1S/C21H19N5O/c1-13-8-14(2)10-17(9-13)24-21-23-15(3)11-19(26-21)20(27)25-18-7-5-4-6-16(18)12-22/h4-11H,1-3H3,(H,25,27)(H,23,24,26). The summed E-state index contributed by atoms with van der Waals surface area (Å²) in [6, 6.07) is 16.5. The molecule has 0 spiro atoms. The zero-order valence-corrected chi connectivity index (χ0v) is 15.4. The fraction of sp³-hybridized carbons (Fsp3) is 0.143. The van der Waals surface area contributed by atoms with Gasteiger partial charge in [0.05, 0.1) is 11.3 Å². The minimum Gasteiger partial charge on any atom is -0.324 e. The number of carbonyl (C=O) groups is 1. The van der Waals surface area contributed by atoms with E-state index >= 15 is 0 Å². The molecule has 6 nitrogen and oxygen atoms in total. The third-order valence-corrected chi connectivity index (χ3v) is 3.86. The Bertz CT molecular complexity index is 1030. The highest BCUT2D eigenvalue weighted by Crippen LogP contribution is 2.19. The van der Waals surface area contributed by atoms with E-state index in [1.807, 2.05) is 26.0 Å². The van der Waals surface area contributed by atoms with Gasteiger partial charge in [0.2, 0.25) is 5.95 Å². The highest BCUT2D eigenvalue weighted by atomic mass is 16.1. The van der Waals surface area contributed by atoms with Gasteiger partial charge in [-0.3, -0.25) is 4.79 Å². The summed E-state index contributed by atoms with van der Waals surface area (Å²) in [4.78, 5) is 21.3. The van der Waals surface area contributed by atoms with Crippen LogP contribution in [0.1, 0.15) is 32.9 Å². The Hall–Kier alpha value is -3.72. The van der Waals surface area contributed by atoms with Crippen LogP contribution in [0, 0.1) is 32.1 Å². The number of rotatable bonds is 4. The molecule has 2 N–H and O–H groups in total. The van der Waals surface area contributed by atoms with Crippen LogP contribution in [-0.4, -0.2) is 15.9 Å². The molecule has 1 aromatic heterocycles. The van der Waals surface area contributed by atoms with Crippen molar-refractivity contribution in [1.82, 2.24) is 9.97 Å². The van der Waals surface area contributed by atoms with E-state index in [4.69, 9.17) is 5.26 Å². The quantitative estimate of drug-likeness (QED) is 0.728. The lowest BCUT2D eigenvalue weighted by molar-refractivity contribution is 0.102. The van der Waals surface area contributed by atoms with Gasteiger partial charge >= 0.3 is 0 Å². The second kappa shape index (κ2) is 7.67. The van der Waals surface area contributed by atoms with Gasteiger partial charge in [-0.1, -0.05) is 18.2 Å². The Morgan fingerprint density at radius 2 is 1.70 bits per heavy atom. The van der Waals surface area contributed by atoms with Gasteiger partial charge in [0.25, 0.3) is 5.91 Å². The molecule has 6 heteroatoms. The Morgan fingerprint density at radius 3 is 2.41 bits per heavy atom. The van der Waals surface area contributed by atoms with Gasteiger partial charge in [0.1, 0.15) is 11.8 Å². The molecule has 2 aromatic carbocycles. The predicted molar refractivity (Wildman–Crippen MR) is 105 cm³/mol. The first-order valence-electron chi connectivity index (χ1n) is 8.46. The van der Waals surface area contributed by atoms with E-state index in [0.29, 0.717) is 22.9 Å². The molecular formula is C21H19N5O. The van der Waals surface area contributed by atoms with Crippen LogP contribution in [0.25, 0.3) is 0 Å². The van der Waals surface area contributed by atoms with E-state index < -0.39 is 5.91 Å². The smallest absolute Gasteiger partial charge is 0.274 e. The van der Waals surface area contributed by atoms with Gasteiger partial charge in [-0.05, 0) is 62.2 Å². The summed E-state index contributed by atoms with van der Waals surface area (Å²) in [5.74, 6) is -0.0506. The first-order valence-corrected chi connectivity index (χ1v) is 8.46. The molecule has 134 valence electrons. The van der Waals surface area contributed by atoms with Crippen molar-refractivity contribution in [3.63, 3.8) is 0 Å². The molecule has 1 heterocycles. The number of nitrogens with zero attached hydrogens (tertiary/aromatic N) is 3. The number of para-hydroxylation sites is 1. The molecule has 0 aliphatic rings. The Labute approximate surface area is 157 Å². The molecule has 0 unspecified atom stereocenters. The van der Waals surface area contributed by atoms with Crippen LogP contribution in [0.2, 0.25) is 0 Å². The number of anilines is 3. The van der Waals surface area contributed by atoms with Crippen molar-refractivity contribution in [2.75, 3.05) is 10.6 Å². The molecule has 1 amide bonds. The summed E-state index contributed by atoms with van der Waals surface area (Å²) < 4.78 is 0. The van der Waals surface area contributed by atoms with Crippen molar-refractivity contribution in [2.24, 2.45) is 0 Å². The second-order valence-corrected chi connectivity index (χ2v) is 6.33. The molecule has 3 rings (SSSR count). The fourth-order valence-corrected chi connectivity index (χ4v) is 2.79. The lowest BCUT2D eigenvalue weighted by Crippen LogP contribution is -2.16. The molecule has 0 fully saturated rings. The predicted octanol–water partition coefficient (Wildman–Crippen LogP) is 4.27. The SMILES string of the molecule is Cc1cc(C)cc(Nc2nc(C)cc(C(=O)Nc3ccccc3C#N)n2)c1. The van der Waals surface area contributed by atoms with Gasteiger partial charge in [-0.15, -0.1) is 0 Å². The van der Waals surface area contributed by atoms with E-state index in [-0.39, 0.29) is 5.69 Å². The van der Waals surface area contributed by atoms with Crippen LogP contribution >= 0.6 is 0 Å². The number of nitrogens with one attached hydrogen (secondary N) is 2. The lowest BCUT2D eigenvalue weighted by Gasteiger charge is -2.10. The van der Waals surface area contributed by atoms with Crippen LogP contribution < -0.4 is 10.6 Å². The maximum absolute atomic E-state index is 12.6. The Balaban J connectivity index is 1.86. The molecule has 0 atom stereocenters. The summed E-state index contributed by atoms with van der Waals surface area (Å²) in [6.07, 6.45) is 0. The van der Waals surface area contributed by atoms with Crippen molar-refractivity contribution in [3.05, 3.63) is 76.6 Å². The van der Waals surface area contributed by atoms with Crippen LogP contribution in [0.3, 0.4) is 0 Å². The summed E-state index contributed by atoms with van der Waals surface area (Å²) >= 11 is 0.